The molecule has 1 atom stereocenters. The number of hydrogen-bond donors (Lipinski definition) is 3. The Balaban J connectivity index is 1.50. The highest BCUT2D eigenvalue weighted by molar-refractivity contribution is 6.33. The van der Waals surface area contributed by atoms with Crippen molar-refractivity contribution in [3.8, 4) is 22.5 Å². The van der Waals surface area contributed by atoms with E-state index in [9.17, 15) is 31.5 Å². The van der Waals surface area contributed by atoms with E-state index in [1.54, 1.807) is 6.92 Å². The molecular formula is C29H27ClF5N9O3. The molecule has 2 aromatic carbocycles. The van der Waals surface area contributed by atoms with Gasteiger partial charge in [-0.2, -0.15) is 32.1 Å². The van der Waals surface area contributed by atoms with E-state index in [0.29, 0.717) is 26.9 Å². The molecule has 1 aliphatic rings. The van der Waals surface area contributed by atoms with Crippen molar-refractivity contribution in [1.29, 1.82) is 0 Å². The van der Waals surface area contributed by atoms with Crippen molar-refractivity contribution < 1.29 is 36.3 Å². The molecule has 18 heteroatoms. The number of amides is 2. The van der Waals surface area contributed by atoms with Crippen molar-refractivity contribution in [3.63, 3.8) is 0 Å². The zero-order chi connectivity index (χ0) is 33.9. The van der Waals surface area contributed by atoms with Gasteiger partial charge in [-0.15, -0.1) is 0 Å². The molecule has 2 heterocycles. The Kier molecular flexibility index (Phi) is 9.46. The van der Waals surface area contributed by atoms with Crippen LogP contribution in [0.4, 0.5) is 26.7 Å². The molecule has 1 fully saturated rings. The summed E-state index contributed by atoms with van der Waals surface area (Å²) in [6.07, 6.45) is -2.98. The number of benzene rings is 2. The highest BCUT2D eigenvalue weighted by atomic mass is 35.5. The number of nitrogens with one attached hydrogen (secondary N) is 2. The first-order valence-corrected chi connectivity index (χ1v) is 14.4. The quantitative estimate of drug-likeness (QED) is 0.110. The summed E-state index contributed by atoms with van der Waals surface area (Å²) in [5, 5.41) is 12.3. The number of carbonyl (C=O) groups excluding carboxylic acids is 2. The maximum Gasteiger partial charge on any atom is 0.411 e. The maximum atomic E-state index is 14.1. The van der Waals surface area contributed by atoms with Gasteiger partial charge in [-0.05, 0) is 55.2 Å². The molecule has 2 amide bonds. The smallest absolute Gasteiger partial charge is 0.411 e. The number of carbonyl (C=O) groups is 2. The van der Waals surface area contributed by atoms with Gasteiger partial charge in [0.05, 0.1) is 17.3 Å². The number of nitrogens with zero attached hydrogens (tertiary/aromatic N) is 6. The minimum Gasteiger partial charge on any atom is -0.447 e. The van der Waals surface area contributed by atoms with Crippen molar-refractivity contribution in [2.24, 2.45) is 10.7 Å². The van der Waals surface area contributed by atoms with Crippen LogP contribution < -0.4 is 11.1 Å². The van der Waals surface area contributed by atoms with Crippen LogP contribution in [0.3, 0.4) is 0 Å². The number of hydrogen-bond acceptors (Lipinski definition) is 7. The van der Waals surface area contributed by atoms with Crippen LogP contribution in [0.25, 0.3) is 22.5 Å². The van der Waals surface area contributed by atoms with Gasteiger partial charge >= 0.3 is 18.8 Å². The first kappa shape index (κ1) is 33.3. The number of nitrogens with two attached hydrogens (primary N) is 1. The zero-order valence-electron chi connectivity index (χ0n) is 24.5. The van der Waals surface area contributed by atoms with Crippen molar-refractivity contribution in [3.05, 3.63) is 77.3 Å². The fourth-order valence-corrected chi connectivity index (χ4v) is 4.97. The van der Waals surface area contributed by atoms with Crippen LogP contribution in [-0.2, 0) is 4.74 Å². The fraction of sp³-hybridized carbons (Fsp3) is 0.310. The molecule has 0 radical (unpaired) electrons. The molecule has 4 aromatic rings. The third kappa shape index (κ3) is 7.19. The normalized spacial score (nSPS) is 14.9. The summed E-state index contributed by atoms with van der Waals surface area (Å²) in [6, 6.07) is 9.21. The molecule has 47 heavy (non-hydrogen) atoms. The molecule has 0 spiro atoms. The Morgan fingerprint density at radius 2 is 1.91 bits per heavy atom. The standard InChI is InChI=1S/C29H27ClF5N9O3/c1-2-37-26(36)44(24(45)17-5-3-16(4-6-17)19-12-40-43(13-19)25(31)32)22(14-47-27(46)41-28(9-10-28)29(33,34)35)18-7-8-21(30)20(11-18)23-38-15-39-42-23/h3-8,11-13,15,22,25H,2,9-10,14H2,1H3,(H2,36,37)(H,41,46)(H,38,39,42)/t22-/m1/s1. The number of H-pyrrole nitrogens is 1. The van der Waals surface area contributed by atoms with E-state index in [0.717, 1.165) is 11.1 Å². The van der Waals surface area contributed by atoms with Gasteiger partial charge in [0.15, 0.2) is 11.8 Å². The van der Waals surface area contributed by atoms with Crippen LogP contribution >= 0.6 is 11.6 Å². The monoisotopic (exact) mass is 679 g/mol. The summed E-state index contributed by atoms with van der Waals surface area (Å²) in [6.45, 7) is -1.66. The second kappa shape index (κ2) is 13.4. The van der Waals surface area contributed by atoms with Gasteiger partial charge < -0.3 is 15.8 Å². The van der Waals surface area contributed by atoms with E-state index in [1.165, 1.54) is 55.0 Å². The lowest BCUT2D eigenvalue weighted by Gasteiger charge is -2.32. The van der Waals surface area contributed by atoms with Crippen LogP contribution in [0, 0.1) is 0 Å². The van der Waals surface area contributed by atoms with Crippen LogP contribution in [0.2, 0.25) is 5.02 Å². The minimum absolute atomic E-state index is 0.0807. The number of alkyl carbamates (subject to hydrolysis) is 1. The molecule has 1 saturated carbocycles. The van der Waals surface area contributed by atoms with Crippen molar-refractivity contribution in [2.45, 2.75) is 44.1 Å². The molecule has 1 aliphatic carbocycles. The molecule has 0 bridgehead atoms. The Morgan fingerprint density at radius 1 is 1.19 bits per heavy atom. The number of alkyl halides is 5. The summed E-state index contributed by atoms with van der Waals surface area (Å²) in [5.41, 5.74) is 5.53. The predicted molar refractivity (Wildman–Crippen MR) is 159 cm³/mol. The number of aromatic nitrogens is 5. The number of ether oxygens (including phenoxy) is 1. The molecule has 5 rings (SSSR count). The van der Waals surface area contributed by atoms with E-state index in [1.807, 2.05) is 5.32 Å². The number of aromatic amines is 1. The highest BCUT2D eigenvalue weighted by Gasteiger charge is 2.64. The molecule has 248 valence electrons. The summed E-state index contributed by atoms with van der Waals surface area (Å²) >= 11 is 6.41. The lowest BCUT2D eigenvalue weighted by atomic mass is 10.0. The van der Waals surface area contributed by atoms with Crippen molar-refractivity contribution >= 4 is 29.6 Å². The first-order chi connectivity index (χ1) is 22.3. The van der Waals surface area contributed by atoms with E-state index in [4.69, 9.17) is 22.1 Å². The van der Waals surface area contributed by atoms with Crippen LogP contribution in [-0.4, -0.2) is 72.7 Å². The Bertz CT molecular complexity index is 1760. The van der Waals surface area contributed by atoms with Crippen LogP contribution in [0.1, 0.15) is 48.3 Å². The number of halogens is 6. The van der Waals surface area contributed by atoms with Gasteiger partial charge in [-0.1, -0.05) is 29.8 Å². The fourth-order valence-electron chi connectivity index (χ4n) is 4.76. The van der Waals surface area contributed by atoms with Gasteiger partial charge in [0.2, 0.25) is 0 Å². The number of guanidine groups is 1. The van der Waals surface area contributed by atoms with Crippen molar-refractivity contribution in [2.75, 3.05) is 13.2 Å². The number of rotatable bonds is 10. The van der Waals surface area contributed by atoms with E-state index < -0.39 is 42.9 Å². The Morgan fingerprint density at radius 3 is 2.49 bits per heavy atom. The third-order valence-electron chi connectivity index (χ3n) is 7.42. The highest BCUT2D eigenvalue weighted by Crippen LogP contribution is 2.49. The second-order valence-electron chi connectivity index (χ2n) is 10.5. The molecule has 0 aliphatic heterocycles. The molecule has 12 nitrogen and oxygen atoms in total. The summed E-state index contributed by atoms with van der Waals surface area (Å²) in [7, 11) is 0. The predicted octanol–water partition coefficient (Wildman–Crippen LogP) is 5.72. The number of aliphatic imine (C=N–C) groups is 1. The van der Waals surface area contributed by atoms with Gasteiger partial charge in [0, 0.05) is 29.4 Å². The van der Waals surface area contributed by atoms with Gasteiger partial charge in [0.1, 0.15) is 18.5 Å². The maximum absolute atomic E-state index is 14.1. The lowest BCUT2D eigenvalue weighted by molar-refractivity contribution is -0.164. The molecule has 2 aromatic heterocycles. The lowest BCUT2D eigenvalue weighted by Crippen LogP contribution is -2.49. The summed E-state index contributed by atoms with van der Waals surface area (Å²) in [4.78, 5) is 36.1. The van der Waals surface area contributed by atoms with E-state index in [2.05, 4.69) is 25.3 Å². The van der Waals surface area contributed by atoms with Crippen molar-refractivity contribution in [1.82, 2.24) is 35.2 Å². The first-order valence-electron chi connectivity index (χ1n) is 14.1. The minimum atomic E-state index is -4.68. The SMILES string of the molecule is CCN=C(N)N(C(=O)c1ccc(-c2cnn(C(F)F)c2)cc1)[C@H](COC(=O)NC1(C(F)(F)F)CC1)c1ccc(Cl)c(-c2ncn[nH]2)c1. The largest absolute Gasteiger partial charge is 0.447 e. The Hall–Kier alpha value is -5.06. The van der Waals surface area contributed by atoms with E-state index in [-0.39, 0.29) is 41.8 Å². The van der Waals surface area contributed by atoms with E-state index >= 15 is 0 Å². The topological polar surface area (TPSA) is 156 Å². The summed E-state index contributed by atoms with van der Waals surface area (Å²) in [5.74, 6) is -0.721. The van der Waals surface area contributed by atoms with Crippen LogP contribution in [0.15, 0.2) is 66.2 Å². The Labute approximate surface area is 268 Å². The molecule has 4 N–H and O–H groups in total. The molecule has 0 saturated heterocycles. The third-order valence-corrected chi connectivity index (χ3v) is 7.75. The second-order valence-corrected chi connectivity index (χ2v) is 10.9. The average Bonchev–Trinajstić information content (AvgIpc) is 3.40. The van der Waals surface area contributed by atoms with Gasteiger partial charge in [0.25, 0.3) is 5.91 Å². The molecular weight excluding hydrogens is 653 g/mol. The van der Waals surface area contributed by atoms with Gasteiger partial charge in [-0.25, -0.2) is 14.5 Å². The van der Waals surface area contributed by atoms with Gasteiger partial charge in [-0.3, -0.25) is 19.8 Å². The molecule has 0 unspecified atom stereocenters. The zero-order valence-corrected chi connectivity index (χ0v) is 25.3. The average molecular weight is 680 g/mol. The van der Waals surface area contributed by atoms with Crippen LogP contribution in [0.5, 0.6) is 0 Å². The summed E-state index contributed by atoms with van der Waals surface area (Å²) < 4.78 is 72.3.